The second-order valence-electron chi connectivity index (χ2n) is 4.00. The van der Waals surface area contributed by atoms with E-state index in [0.29, 0.717) is 6.23 Å². The standard InChI is InChI=1S/C10H19NO/c1-2-5-9(6-3-1)10-11-7-4-8-12-10/h9-11H,1-8H2. The third-order valence-corrected chi connectivity index (χ3v) is 3.04. The molecule has 70 valence electrons. The zero-order chi connectivity index (χ0) is 8.23. The molecule has 0 aromatic rings. The van der Waals surface area contributed by atoms with Crippen molar-refractivity contribution in [1.29, 1.82) is 0 Å². The first kappa shape index (κ1) is 8.52. The van der Waals surface area contributed by atoms with Crippen molar-refractivity contribution in [2.75, 3.05) is 13.2 Å². The Hall–Kier alpha value is -0.0800. The van der Waals surface area contributed by atoms with Crippen molar-refractivity contribution < 1.29 is 4.74 Å². The van der Waals surface area contributed by atoms with Crippen LogP contribution >= 0.6 is 0 Å². The Morgan fingerprint density at radius 1 is 1.00 bits per heavy atom. The predicted molar refractivity (Wildman–Crippen MR) is 48.9 cm³/mol. The molecule has 2 heteroatoms. The largest absolute Gasteiger partial charge is 0.363 e. The third-order valence-electron chi connectivity index (χ3n) is 3.04. The van der Waals surface area contributed by atoms with E-state index in [2.05, 4.69) is 5.32 Å². The van der Waals surface area contributed by atoms with E-state index in [1.165, 1.54) is 38.5 Å². The molecule has 0 bridgehead atoms. The molecule has 12 heavy (non-hydrogen) atoms. The van der Waals surface area contributed by atoms with E-state index < -0.39 is 0 Å². The first-order valence-corrected chi connectivity index (χ1v) is 5.32. The fraction of sp³-hybridized carbons (Fsp3) is 1.00. The molecule has 2 aliphatic rings. The molecule has 1 saturated heterocycles. The third kappa shape index (κ3) is 1.99. The molecule has 2 nitrogen and oxygen atoms in total. The van der Waals surface area contributed by atoms with E-state index in [-0.39, 0.29) is 0 Å². The van der Waals surface area contributed by atoms with E-state index in [0.717, 1.165) is 19.1 Å². The van der Waals surface area contributed by atoms with Crippen LogP contribution in [0.4, 0.5) is 0 Å². The van der Waals surface area contributed by atoms with E-state index in [4.69, 9.17) is 4.74 Å². The molecule has 0 aromatic heterocycles. The summed E-state index contributed by atoms with van der Waals surface area (Å²) < 4.78 is 5.71. The van der Waals surface area contributed by atoms with Gasteiger partial charge < -0.3 is 4.74 Å². The molecule has 0 aromatic carbocycles. The van der Waals surface area contributed by atoms with Gasteiger partial charge in [-0.05, 0) is 31.7 Å². The van der Waals surface area contributed by atoms with Crippen LogP contribution in [0.15, 0.2) is 0 Å². The lowest BCUT2D eigenvalue weighted by Crippen LogP contribution is -2.44. The van der Waals surface area contributed by atoms with Crippen molar-refractivity contribution in [2.45, 2.75) is 44.8 Å². The van der Waals surface area contributed by atoms with Crippen LogP contribution in [0.3, 0.4) is 0 Å². The molecule has 1 saturated carbocycles. The maximum absolute atomic E-state index is 5.71. The molecule has 1 aliphatic heterocycles. The predicted octanol–water partition coefficient (Wildman–Crippen LogP) is 1.90. The van der Waals surface area contributed by atoms with E-state index in [1.807, 2.05) is 0 Å². The highest BCUT2D eigenvalue weighted by molar-refractivity contribution is 4.74. The molecular weight excluding hydrogens is 150 g/mol. The Morgan fingerprint density at radius 2 is 1.83 bits per heavy atom. The molecule has 1 heterocycles. The second-order valence-corrected chi connectivity index (χ2v) is 4.00. The van der Waals surface area contributed by atoms with Gasteiger partial charge in [0.25, 0.3) is 0 Å². The van der Waals surface area contributed by atoms with Gasteiger partial charge in [-0.15, -0.1) is 0 Å². The van der Waals surface area contributed by atoms with E-state index >= 15 is 0 Å². The Kier molecular flexibility index (Phi) is 3.01. The van der Waals surface area contributed by atoms with Crippen LogP contribution in [0.25, 0.3) is 0 Å². The van der Waals surface area contributed by atoms with E-state index in [1.54, 1.807) is 0 Å². The molecule has 2 fully saturated rings. The highest BCUT2D eigenvalue weighted by Crippen LogP contribution is 2.27. The SMILES string of the molecule is C1CCC(C2NCCCO2)CC1. The van der Waals surface area contributed by atoms with Crippen LogP contribution in [0.5, 0.6) is 0 Å². The molecule has 1 unspecified atom stereocenters. The number of hydrogen-bond acceptors (Lipinski definition) is 2. The molecule has 0 amide bonds. The van der Waals surface area contributed by atoms with Crippen LogP contribution in [0, 0.1) is 5.92 Å². The summed E-state index contributed by atoms with van der Waals surface area (Å²) in [7, 11) is 0. The molecule has 2 rings (SSSR count). The van der Waals surface area contributed by atoms with Crippen LogP contribution in [0.2, 0.25) is 0 Å². The molecule has 1 N–H and O–H groups in total. The summed E-state index contributed by atoms with van der Waals surface area (Å²) >= 11 is 0. The number of ether oxygens (including phenoxy) is 1. The summed E-state index contributed by atoms with van der Waals surface area (Å²) in [5.41, 5.74) is 0. The van der Waals surface area contributed by atoms with E-state index in [9.17, 15) is 0 Å². The minimum atomic E-state index is 0.388. The monoisotopic (exact) mass is 169 g/mol. The quantitative estimate of drug-likeness (QED) is 0.647. The second kappa shape index (κ2) is 4.24. The van der Waals surface area contributed by atoms with Gasteiger partial charge in [0.15, 0.2) is 0 Å². The maximum atomic E-state index is 5.71. The average molecular weight is 169 g/mol. The van der Waals surface area contributed by atoms with Gasteiger partial charge in [-0.3, -0.25) is 5.32 Å². The lowest BCUT2D eigenvalue weighted by Gasteiger charge is -2.33. The number of rotatable bonds is 1. The molecule has 1 atom stereocenters. The lowest BCUT2D eigenvalue weighted by atomic mass is 9.87. The van der Waals surface area contributed by atoms with Gasteiger partial charge in [0.1, 0.15) is 6.23 Å². The van der Waals surface area contributed by atoms with Crippen LogP contribution in [-0.4, -0.2) is 19.4 Å². The smallest absolute Gasteiger partial charge is 0.110 e. The normalized spacial score (nSPS) is 33.5. The van der Waals surface area contributed by atoms with Crippen molar-refractivity contribution in [3.63, 3.8) is 0 Å². The van der Waals surface area contributed by atoms with Crippen molar-refractivity contribution in [1.82, 2.24) is 5.32 Å². The summed E-state index contributed by atoms with van der Waals surface area (Å²) in [4.78, 5) is 0. The van der Waals surface area contributed by atoms with Crippen molar-refractivity contribution in [3.8, 4) is 0 Å². The molecule has 0 radical (unpaired) electrons. The Morgan fingerprint density at radius 3 is 2.50 bits per heavy atom. The summed E-state index contributed by atoms with van der Waals surface area (Å²) in [6.07, 6.45) is 8.57. The van der Waals surface area contributed by atoms with Gasteiger partial charge >= 0.3 is 0 Å². The zero-order valence-electron chi connectivity index (χ0n) is 7.72. The van der Waals surface area contributed by atoms with Gasteiger partial charge in [-0.1, -0.05) is 19.3 Å². The van der Waals surface area contributed by atoms with Crippen molar-refractivity contribution in [2.24, 2.45) is 5.92 Å². The molecule has 1 aliphatic carbocycles. The summed E-state index contributed by atoms with van der Waals surface area (Å²) in [5.74, 6) is 0.805. The van der Waals surface area contributed by atoms with Gasteiger partial charge in [0, 0.05) is 6.61 Å². The fourth-order valence-electron chi connectivity index (χ4n) is 2.33. The lowest BCUT2D eigenvalue weighted by molar-refractivity contribution is -0.0449. The topological polar surface area (TPSA) is 21.3 Å². The van der Waals surface area contributed by atoms with Gasteiger partial charge in [0.05, 0.1) is 0 Å². The molecular formula is C10H19NO. The summed E-state index contributed by atoms with van der Waals surface area (Å²) in [6.45, 7) is 2.12. The Bertz CT molecular complexity index is 110. The zero-order valence-corrected chi connectivity index (χ0v) is 7.72. The maximum Gasteiger partial charge on any atom is 0.110 e. The Labute approximate surface area is 74.7 Å². The van der Waals surface area contributed by atoms with Crippen LogP contribution in [0.1, 0.15) is 38.5 Å². The minimum Gasteiger partial charge on any atom is -0.363 e. The summed E-state index contributed by atoms with van der Waals surface area (Å²) in [6, 6.07) is 0. The van der Waals surface area contributed by atoms with Gasteiger partial charge in [-0.2, -0.15) is 0 Å². The van der Waals surface area contributed by atoms with Gasteiger partial charge in [0.2, 0.25) is 0 Å². The highest BCUT2D eigenvalue weighted by atomic mass is 16.5. The fourth-order valence-corrected chi connectivity index (χ4v) is 2.33. The average Bonchev–Trinajstić information content (AvgIpc) is 2.21. The van der Waals surface area contributed by atoms with Gasteiger partial charge in [-0.25, -0.2) is 0 Å². The number of hydrogen-bond donors (Lipinski definition) is 1. The highest BCUT2D eigenvalue weighted by Gasteiger charge is 2.25. The molecule has 0 spiro atoms. The van der Waals surface area contributed by atoms with Crippen LogP contribution in [-0.2, 0) is 4.74 Å². The van der Waals surface area contributed by atoms with Crippen molar-refractivity contribution in [3.05, 3.63) is 0 Å². The first-order chi connectivity index (χ1) is 5.97. The number of nitrogens with one attached hydrogen (secondary N) is 1. The Balaban J connectivity index is 1.80. The van der Waals surface area contributed by atoms with Crippen molar-refractivity contribution >= 4 is 0 Å². The first-order valence-electron chi connectivity index (χ1n) is 5.32. The van der Waals surface area contributed by atoms with Crippen LogP contribution < -0.4 is 5.32 Å². The minimum absolute atomic E-state index is 0.388. The summed E-state index contributed by atoms with van der Waals surface area (Å²) in [5, 5.41) is 3.47.